The Hall–Kier alpha value is -7.53. The zero-order chi connectivity index (χ0) is 38.9. The van der Waals surface area contributed by atoms with Crippen LogP contribution < -0.4 is 0 Å². The van der Waals surface area contributed by atoms with Gasteiger partial charge in [0.05, 0.1) is 0 Å². The van der Waals surface area contributed by atoms with Crippen LogP contribution in [0.3, 0.4) is 0 Å². The van der Waals surface area contributed by atoms with Crippen LogP contribution in [0.4, 0.5) is 0 Å². The van der Waals surface area contributed by atoms with Crippen LogP contribution in [-0.2, 0) is 0 Å². The van der Waals surface area contributed by atoms with E-state index in [1.54, 1.807) is 11.3 Å². The van der Waals surface area contributed by atoms with Crippen molar-refractivity contribution in [3.05, 3.63) is 200 Å². The van der Waals surface area contributed by atoms with Gasteiger partial charge in [-0.15, -0.1) is 11.3 Å². The molecule has 0 saturated carbocycles. The molecule has 4 heteroatoms. The molecule has 0 saturated heterocycles. The molecule has 0 fully saturated rings. The molecule has 274 valence electrons. The van der Waals surface area contributed by atoms with Crippen LogP contribution in [0.1, 0.15) is 0 Å². The van der Waals surface area contributed by atoms with Crippen molar-refractivity contribution in [2.24, 2.45) is 0 Å². The Kier molecular flexibility index (Phi) is 7.72. The first-order chi connectivity index (χ1) is 29.2. The maximum Gasteiger partial charge on any atom is 0.165 e. The molecular weight excluding hydrogens is 735 g/mol. The molecule has 0 aliphatic heterocycles. The largest absolute Gasteiger partial charge is 0.208 e. The maximum atomic E-state index is 5.46. The minimum absolute atomic E-state index is 0.632. The molecule has 0 radical (unpaired) electrons. The van der Waals surface area contributed by atoms with Crippen molar-refractivity contribution in [2.45, 2.75) is 0 Å². The fourth-order valence-corrected chi connectivity index (χ4v) is 10.1. The third-order valence-corrected chi connectivity index (χ3v) is 12.9. The number of hydrogen-bond acceptors (Lipinski definition) is 4. The Balaban J connectivity index is 1.13. The molecule has 0 N–H and O–H groups in total. The van der Waals surface area contributed by atoms with Crippen LogP contribution in [0.25, 0.3) is 120 Å². The lowest BCUT2D eigenvalue weighted by Crippen LogP contribution is -2.02. The summed E-state index contributed by atoms with van der Waals surface area (Å²) in [4.78, 5) is 16.3. The van der Waals surface area contributed by atoms with Gasteiger partial charge in [0.2, 0.25) is 0 Å². The Morgan fingerprint density at radius 2 is 0.898 bits per heavy atom. The van der Waals surface area contributed by atoms with E-state index in [1.165, 1.54) is 58.1 Å². The Labute approximate surface area is 344 Å². The summed E-state index contributed by atoms with van der Waals surface area (Å²) in [6, 6.07) is 71.7. The molecule has 0 amide bonds. The quantitative estimate of drug-likeness (QED) is 0.164. The van der Waals surface area contributed by atoms with Gasteiger partial charge in [-0.2, -0.15) is 0 Å². The standard InChI is InChI=1S/C55H33N3S/c1-2-15-36-31-39(28-27-34(36)13-1)43-30-29-35-14-3-6-20-42(35)51(43)55-57-53(56-54(58-55)48-25-12-24-47-46-23-9-10-26-50(46)59-52(47)48)40-18-11-17-37(32-40)49-33-38-16-4-5-19-41(38)44-21-7-8-22-45(44)49/h1-33H. The van der Waals surface area contributed by atoms with Gasteiger partial charge in [-0.1, -0.05) is 170 Å². The number of benzene rings is 10. The van der Waals surface area contributed by atoms with Gasteiger partial charge in [-0.3, -0.25) is 0 Å². The molecule has 2 heterocycles. The van der Waals surface area contributed by atoms with Gasteiger partial charge in [0, 0.05) is 36.9 Å². The summed E-state index contributed by atoms with van der Waals surface area (Å²) in [7, 11) is 0. The van der Waals surface area contributed by atoms with E-state index in [0.717, 1.165) is 44.2 Å². The van der Waals surface area contributed by atoms with Crippen molar-refractivity contribution in [3.63, 3.8) is 0 Å². The minimum atomic E-state index is 0.632. The molecule has 59 heavy (non-hydrogen) atoms. The zero-order valence-corrected chi connectivity index (χ0v) is 32.6. The van der Waals surface area contributed by atoms with Crippen molar-refractivity contribution in [2.75, 3.05) is 0 Å². The van der Waals surface area contributed by atoms with E-state index in [2.05, 4.69) is 200 Å². The maximum absolute atomic E-state index is 5.46. The lowest BCUT2D eigenvalue weighted by molar-refractivity contribution is 1.08. The molecule has 12 aromatic rings. The summed E-state index contributed by atoms with van der Waals surface area (Å²) in [5.41, 5.74) is 7.40. The topological polar surface area (TPSA) is 38.7 Å². The van der Waals surface area contributed by atoms with Crippen LogP contribution in [0, 0.1) is 0 Å². The van der Waals surface area contributed by atoms with E-state index in [9.17, 15) is 0 Å². The number of rotatable bonds is 5. The molecule has 0 aliphatic rings. The van der Waals surface area contributed by atoms with Crippen LogP contribution in [-0.4, -0.2) is 15.0 Å². The third-order valence-electron chi connectivity index (χ3n) is 11.7. The monoisotopic (exact) mass is 767 g/mol. The van der Waals surface area contributed by atoms with Gasteiger partial charge in [0.25, 0.3) is 0 Å². The molecule has 10 aromatic carbocycles. The van der Waals surface area contributed by atoms with Crippen molar-refractivity contribution < 1.29 is 0 Å². The van der Waals surface area contributed by atoms with Crippen LogP contribution in [0.5, 0.6) is 0 Å². The predicted molar refractivity (Wildman–Crippen MR) is 250 cm³/mol. The van der Waals surface area contributed by atoms with E-state index < -0.39 is 0 Å². The van der Waals surface area contributed by atoms with Crippen molar-refractivity contribution in [3.8, 4) is 56.4 Å². The van der Waals surface area contributed by atoms with Gasteiger partial charge in [0.1, 0.15) is 0 Å². The summed E-state index contributed by atoms with van der Waals surface area (Å²) in [6.45, 7) is 0. The highest BCUT2D eigenvalue weighted by Gasteiger charge is 2.21. The predicted octanol–water partition coefficient (Wildman–Crippen LogP) is 15.2. The Morgan fingerprint density at radius 3 is 1.78 bits per heavy atom. The minimum Gasteiger partial charge on any atom is -0.208 e. The van der Waals surface area contributed by atoms with Gasteiger partial charge in [-0.25, -0.2) is 15.0 Å². The van der Waals surface area contributed by atoms with Crippen molar-refractivity contribution in [1.29, 1.82) is 0 Å². The van der Waals surface area contributed by atoms with E-state index in [4.69, 9.17) is 15.0 Å². The lowest BCUT2D eigenvalue weighted by atomic mass is 9.92. The summed E-state index contributed by atoms with van der Waals surface area (Å²) >= 11 is 1.79. The number of hydrogen-bond donors (Lipinski definition) is 0. The molecule has 0 unspecified atom stereocenters. The van der Waals surface area contributed by atoms with Gasteiger partial charge in [-0.05, 0) is 95.7 Å². The number of fused-ring (bicyclic) bond motifs is 8. The highest BCUT2D eigenvalue weighted by atomic mass is 32.1. The fraction of sp³-hybridized carbons (Fsp3) is 0. The first-order valence-electron chi connectivity index (χ1n) is 19.9. The lowest BCUT2D eigenvalue weighted by Gasteiger charge is -2.16. The van der Waals surface area contributed by atoms with E-state index in [0.29, 0.717) is 17.5 Å². The summed E-state index contributed by atoms with van der Waals surface area (Å²) in [5, 5.41) is 12.0. The molecule has 2 aromatic heterocycles. The molecular formula is C55H33N3S. The Bertz CT molecular complexity index is 3640. The first-order valence-corrected chi connectivity index (χ1v) is 20.7. The highest BCUT2D eigenvalue weighted by molar-refractivity contribution is 7.26. The second-order valence-corrected chi connectivity index (χ2v) is 16.2. The first kappa shape index (κ1) is 33.6. The average molecular weight is 768 g/mol. The number of thiophene rings is 1. The summed E-state index contributed by atoms with van der Waals surface area (Å²) < 4.78 is 2.41. The third kappa shape index (κ3) is 5.60. The van der Waals surface area contributed by atoms with Crippen LogP contribution in [0.2, 0.25) is 0 Å². The van der Waals surface area contributed by atoms with Gasteiger partial charge < -0.3 is 0 Å². The SMILES string of the molecule is c1cc(-c2nc(-c3c(-c4ccc5ccccc5c4)ccc4ccccc34)nc(-c3cccc4c3sc3ccccc34)n2)cc(-c2cc3ccccc3c3ccccc23)c1. The second-order valence-electron chi connectivity index (χ2n) is 15.1. The van der Waals surface area contributed by atoms with Crippen LogP contribution in [0.15, 0.2) is 200 Å². The summed E-state index contributed by atoms with van der Waals surface area (Å²) in [5.74, 6) is 1.93. The molecule has 3 nitrogen and oxygen atoms in total. The van der Waals surface area contributed by atoms with E-state index >= 15 is 0 Å². The van der Waals surface area contributed by atoms with Crippen molar-refractivity contribution >= 4 is 74.6 Å². The number of nitrogens with zero attached hydrogens (tertiary/aromatic N) is 3. The average Bonchev–Trinajstić information content (AvgIpc) is 3.70. The molecule has 0 spiro atoms. The molecule has 12 rings (SSSR count). The molecule has 0 atom stereocenters. The van der Waals surface area contributed by atoms with Crippen molar-refractivity contribution in [1.82, 2.24) is 15.0 Å². The van der Waals surface area contributed by atoms with E-state index in [-0.39, 0.29) is 0 Å². The Morgan fingerprint density at radius 1 is 0.288 bits per heavy atom. The fourth-order valence-electron chi connectivity index (χ4n) is 8.89. The number of aromatic nitrogens is 3. The zero-order valence-electron chi connectivity index (χ0n) is 31.8. The van der Waals surface area contributed by atoms with Gasteiger partial charge >= 0.3 is 0 Å². The second kappa shape index (κ2) is 13.6. The smallest absolute Gasteiger partial charge is 0.165 e. The van der Waals surface area contributed by atoms with Crippen LogP contribution >= 0.6 is 11.3 Å². The molecule has 0 bridgehead atoms. The normalized spacial score (nSPS) is 11.7. The molecule has 0 aliphatic carbocycles. The summed E-state index contributed by atoms with van der Waals surface area (Å²) in [6.07, 6.45) is 0. The van der Waals surface area contributed by atoms with Gasteiger partial charge in [0.15, 0.2) is 17.5 Å². The highest BCUT2D eigenvalue weighted by Crippen LogP contribution is 2.43. The van der Waals surface area contributed by atoms with E-state index in [1.807, 2.05) is 0 Å².